The molecule has 110 valence electrons. The molecule has 0 saturated heterocycles. The second-order valence-electron chi connectivity index (χ2n) is 5.03. The van der Waals surface area contributed by atoms with Crippen molar-refractivity contribution in [3.63, 3.8) is 0 Å². The molecule has 0 fully saturated rings. The lowest BCUT2D eigenvalue weighted by molar-refractivity contribution is 0.546. The van der Waals surface area contributed by atoms with Gasteiger partial charge in [0.2, 0.25) is 0 Å². The smallest absolute Gasteiger partial charge is 0.263 e. The fraction of sp³-hybridized carbons (Fsp3) is 0.333. The third-order valence-electron chi connectivity index (χ3n) is 3.83. The molecular formula is C15H16N2OS3. The summed E-state index contributed by atoms with van der Waals surface area (Å²) in [6.07, 6.45) is 0.839. The zero-order valence-electron chi connectivity index (χ0n) is 12.1. The van der Waals surface area contributed by atoms with Crippen molar-refractivity contribution < 1.29 is 0 Å². The summed E-state index contributed by atoms with van der Waals surface area (Å²) in [5.41, 5.74) is 1.08. The van der Waals surface area contributed by atoms with Gasteiger partial charge < -0.3 is 4.98 Å². The number of fused-ring (bicyclic) bond motifs is 1. The molecule has 21 heavy (non-hydrogen) atoms. The number of aromatic amines is 1. The number of rotatable bonds is 3. The Hall–Kier alpha value is -1.24. The van der Waals surface area contributed by atoms with Gasteiger partial charge >= 0.3 is 0 Å². The van der Waals surface area contributed by atoms with Crippen LogP contribution in [0.15, 0.2) is 22.3 Å². The molecule has 3 rings (SSSR count). The number of aryl methyl sites for hydroxylation is 2. The Balaban J connectivity index is 2.35. The summed E-state index contributed by atoms with van der Waals surface area (Å²) in [5.74, 6) is 0. The van der Waals surface area contributed by atoms with Crippen LogP contribution in [-0.4, -0.2) is 9.55 Å². The monoisotopic (exact) mass is 336 g/mol. The Morgan fingerprint density at radius 3 is 2.81 bits per heavy atom. The van der Waals surface area contributed by atoms with E-state index >= 15 is 0 Å². The van der Waals surface area contributed by atoms with E-state index in [0.29, 0.717) is 4.77 Å². The van der Waals surface area contributed by atoms with Gasteiger partial charge in [0.25, 0.3) is 5.56 Å². The van der Waals surface area contributed by atoms with Gasteiger partial charge in [-0.3, -0.25) is 9.36 Å². The van der Waals surface area contributed by atoms with Gasteiger partial charge in [0.1, 0.15) is 4.83 Å². The zero-order valence-corrected chi connectivity index (χ0v) is 14.5. The maximum Gasteiger partial charge on any atom is 0.263 e. The van der Waals surface area contributed by atoms with Crippen LogP contribution in [0.4, 0.5) is 0 Å². The molecule has 0 aliphatic rings. The highest BCUT2D eigenvalue weighted by molar-refractivity contribution is 7.71. The highest BCUT2D eigenvalue weighted by atomic mass is 32.1. The van der Waals surface area contributed by atoms with E-state index in [0.717, 1.165) is 27.1 Å². The number of hydrogen-bond acceptors (Lipinski definition) is 4. The fourth-order valence-corrected chi connectivity index (χ4v) is 4.95. The number of aromatic nitrogens is 2. The molecule has 6 heteroatoms. The highest BCUT2D eigenvalue weighted by Gasteiger charge is 2.19. The molecular weight excluding hydrogens is 320 g/mol. The zero-order chi connectivity index (χ0) is 15.1. The first-order chi connectivity index (χ1) is 10.0. The van der Waals surface area contributed by atoms with Gasteiger partial charge in [-0.25, -0.2) is 0 Å². The number of H-pyrrole nitrogens is 1. The Morgan fingerprint density at radius 2 is 2.19 bits per heavy atom. The quantitative estimate of drug-likeness (QED) is 0.698. The van der Waals surface area contributed by atoms with Crippen molar-refractivity contribution in [2.24, 2.45) is 0 Å². The molecule has 0 radical (unpaired) electrons. The van der Waals surface area contributed by atoms with E-state index in [2.05, 4.69) is 18.0 Å². The molecule has 0 amide bonds. The predicted molar refractivity (Wildman–Crippen MR) is 93.5 cm³/mol. The summed E-state index contributed by atoms with van der Waals surface area (Å²) in [5, 5.41) is 2.81. The largest absolute Gasteiger partial charge is 0.323 e. The normalized spacial score (nSPS) is 12.9. The Bertz CT molecular complexity index is 900. The van der Waals surface area contributed by atoms with Gasteiger partial charge in [-0.2, -0.15) is 0 Å². The first-order valence-electron chi connectivity index (χ1n) is 6.82. The van der Waals surface area contributed by atoms with E-state index in [-0.39, 0.29) is 11.6 Å². The number of hydrogen-bond donors (Lipinski definition) is 1. The second kappa shape index (κ2) is 5.51. The minimum atomic E-state index is 0.00487. The molecule has 0 aromatic carbocycles. The van der Waals surface area contributed by atoms with Crippen molar-refractivity contribution in [3.05, 3.63) is 48.0 Å². The molecule has 3 aromatic heterocycles. The first-order valence-corrected chi connectivity index (χ1v) is 8.93. The second-order valence-corrected chi connectivity index (χ2v) is 7.62. The molecule has 1 N–H and O–H groups in total. The van der Waals surface area contributed by atoms with Crippen molar-refractivity contribution in [3.8, 4) is 0 Å². The van der Waals surface area contributed by atoms with Gasteiger partial charge in [0.05, 0.1) is 11.4 Å². The summed E-state index contributed by atoms with van der Waals surface area (Å²) in [6.45, 7) is 6.13. The standard InChI is InChI=1S/C15H16N2OS3/c1-4-10(11-6-5-7-20-11)17-14(18)12-8(2)9(3)21-13(12)16-15(17)19/h5-7,10H,4H2,1-3H3,(H,16,19). The molecule has 0 aliphatic carbocycles. The molecule has 3 heterocycles. The minimum Gasteiger partial charge on any atom is -0.323 e. The number of nitrogens with zero attached hydrogens (tertiary/aromatic N) is 1. The maximum absolute atomic E-state index is 13.0. The lowest BCUT2D eigenvalue weighted by atomic mass is 10.1. The van der Waals surface area contributed by atoms with Crippen molar-refractivity contribution in [1.82, 2.24) is 9.55 Å². The van der Waals surface area contributed by atoms with Crippen molar-refractivity contribution in [2.75, 3.05) is 0 Å². The van der Waals surface area contributed by atoms with Crippen molar-refractivity contribution >= 4 is 45.1 Å². The molecule has 1 atom stereocenters. The summed E-state index contributed by atoms with van der Waals surface area (Å²) in [6, 6.07) is 4.08. The van der Waals surface area contributed by atoms with Crippen LogP contribution in [0.3, 0.4) is 0 Å². The van der Waals surface area contributed by atoms with E-state index in [4.69, 9.17) is 12.2 Å². The van der Waals surface area contributed by atoms with Gasteiger partial charge in [-0.05, 0) is 49.5 Å². The van der Waals surface area contributed by atoms with Gasteiger partial charge in [-0.1, -0.05) is 13.0 Å². The molecule has 0 aliphatic heterocycles. The van der Waals surface area contributed by atoms with E-state index in [1.165, 1.54) is 4.88 Å². The summed E-state index contributed by atoms with van der Waals surface area (Å²) in [4.78, 5) is 19.4. The van der Waals surface area contributed by atoms with Crippen LogP contribution >= 0.6 is 34.9 Å². The topological polar surface area (TPSA) is 37.8 Å². The van der Waals surface area contributed by atoms with Gasteiger partial charge in [0, 0.05) is 9.75 Å². The van der Waals surface area contributed by atoms with E-state index in [1.807, 2.05) is 25.3 Å². The van der Waals surface area contributed by atoms with Crippen LogP contribution < -0.4 is 5.56 Å². The molecule has 1 unspecified atom stereocenters. The SMILES string of the molecule is CCC(c1cccs1)n1c(=S)[nH]c2sc(C)c(C)c2c1=O. The number of thiophene rings is 2. The average Bonchev–Trinajstić information content (AvgIpc) is 3.04. The summed E-state index contributed by atoms with van der Waals surface area (Å²) in [7, 11) is 0. The third kappa shape index (κ3) is 2.31. The Labute approximate surface area is 135 Å². The molecule has 0 saturated carbocycles. The number of nitrogens with one attached hydrogen (secondary N) is 1. The van der Waals surface area contributed by atoms with Crippen LogP contribution in [0.25, 0.3) is 10.2 Å². The van der Waals surface area contributed by atoms with Crippen LogP contribution in [0.2, 0.25) is 0 Å². The van der Waals surface area contributed by atoms with E-state index in [9.17, 15) is 4.79 Å². The molecule has 0 bridgehead atoms. The van der Waals surface area contributed by atoms with Crippen LogP contribution in [0, 0.1) is 18.6 Å². The minimum absolute atomic E-state index is 0.00487. The lowest BCUT2D eigenvalue weighted by Crippen LogP contribution is -2.26. The van der Waals surface area contributed by atoms with Crippen molar-refractivity contribution in [2.45, 2.75) is 33.2 Å². The summed E-state index contributed by atoms with van der Waals surface area (Å²) >= 11 is 8.72. The van der Waals surface area contributed by atoms with Crippen LogP contribution in [0.5, 0.6) is 0 Å². The van der Waals surface area contributed by atoms with E-state index in [1.54, 1.807) is 27.2 Å². The van der Waals surface area contributed by atoms with E-state index < -0.39 is 0 Å². The highest BCUT2D eigenvalue weighted by Crippen LogP contribution is 2.29. The fourth-order valence-electron chi connectivity index (χ4n) is 2.62. The Kier molecular flexibility index (Phi) is 3.86. The first kappa shape index (κ1) is 14.7. The molecule has 3 aromatic rings. The molecule has 3 nitrogen and oxygen atoms in total. The van der Waals surface area contributed by atoms with Gasteiger partial charge in [-0.15, -0.1) is 22.7 Å². The van der Waals surface area contributed by atoms with Crippen LogP contribution in [-0.2, 0) is 0 Å². The van der Waals surface area contributed by atoms with Crippen LogP contribution in [0.1, 0.15) is 34.7 Å². The third-order valence-corrected chi connectivity index (χ3v) is 6.22. The molecule has 0 spiro atoms. The maximum atomic E-state index is 13.0. The average molecular weight is 337 g/mol. The Morgan fingerprint density at radius 1 is 1.43 bits per heavy atom. The lowest BCUT2D eigenvalue weighted by Gasteiger charge is -2.17. The predicted octanol–water partition coefficient (Wildman–Crippen LogP) is 4.80. The van der Waals surface area contributed by atoms with Crippen molar-refractivity contribution in [1.29, 1.82) is 0 Å². The van der Waals surface area contributed by atoms with Gasteiger partial charge in [0.15, 0.2) is 4.77 Å². The summed E-state index contributed by atoms with van der Waals surface area (Å²) < 4.78 is 2.25.